The van der Waals surface area contributed by atoms with E-state index in [1.54, 1.807) is 51.5 Å². The number of carbonyl (C=O) groups is 2. The van der Waals surface area contributed by atoms with Crippen LogP contribution in [0, 0.1) is 0 Å². The van der Waals surface area contributed by atoms with Crippen LogP contribution in [0.4, 0.5) is 0 Å². The van der Waals surface area contributed by atoms with Crippen LogP contribution < -0.4 is 9.47 Å². The molecule has 8 heteroatoms. The number of amides is 1. The zero-order valence-corrected chi connectivity index (χ0v) is 17.0. The van der Waals surface area contributed by atoms with Crippen molar-refractivity contribution >= 4 is 34.9 Å². The number of aromatic carboxylic acids is 1. The lowest BCUT2D eigenvalue weighted by Crippen LogP contribution is -2.23. The van der Waals surface area contributed by atoms with Gasteiger partial charge in [-0.2, -0.15) is 0 Å². The number of aliphatic imine (C=N–C) groups is 1. The Morgan fingerprint density at radius 1 is 1.21 bits per heavy atom. The van der Waals surface area contributed by atoms with Crippen LogP contribution in [-0.4, -0.2) is 48.3 Å². The molecule has 1 amide bonds. The summed E-state index contributed by atoms with van der Waals surface area (Å²) in [7, 11) is 4.89. The highest BCUT2D eigenvalue weighted by Crippen LogP contribution is 2.34. The van der Waals surface area contributed by atoms with Gasteiger partial charge in [0.1, 0.15) is 6.61 Å². The Morgan fingerprint density at radius 3 is 2.52 bits per heavy atom. The molecule has 2 aromatic carbocycles. The van der Waals surface area contributed by atoms with E-state index in [9.17, 15) is 9.59 Å². The zero-order chi connectivity index (χ0) is 21.0. The summed E-state index contributed by atoms with van der Waals surface area (Å²) in [6.07, 6.45) is 1.79. The molecular formula is C21H20N2O5S. The molecule has 1 heterocycles. The summed E-state index contributed by atoms with van der Waals surface area (Å²) in [5.74, 6) is 0.0240. The highest BCUT2D eigenvalue weighted by Gasteiger charge is 2.29. The fourth-order valence-electron chi connectivity index (χ4n) is 2.70. The van der Waals surface area contributed by atoms with E-state index in [0.29, 0.717) is 21.6 Å². The van der Waals surface area contributed by atoms with E-state index in [4.69, 9.17) is 14.6 Å². The second kappa shape index (κ2) is 8.83. The number of carboxylic acid groups (broad SMARTS) is 1. The monoisotopic (exact) mass is 412 g/mol. The summed E-state index contributed by atoms with van der Waals surface area (Å²) < 4.78 is 11.2. The first-order valence-corrected chi connectivity index (χ1v) is 9.52. The van der Waals surface area contributed by atoms with Crippen LogP contribution in [0.2, 0.25) is 0 Å². The van der Waals surface area contributed by atoms with Crippen molar-refractivity contribution in [2.24, 2.45) is 4.99 Å². The molecule has 0 radical (unpaired) electrons. The number of hydrogen-bond donors (Lipinski definition) is 1. The molecule has 2 aromatic rings. The number of amidine groups is 1. The highest BCUT2D eigenvalue weighted by atomic mass is 32.2. The smallest absolute Gasteiger partial charge is 0.335 e. The fourth-order valence-corrected chi connectivity index (χ4v) is 3.63. The van der Waals surface area contributed by atoms with Crippen LogP contribution in [0.15, 0.2) is 52.4 Å². The number of carboxylic acids is 1. The van der Waals surface area contributed by atoms with Gasteiger partial charge in [0.25, 0.3) is 5.91 Å². The van der Waals surface area contributed by atoms with Gasteiger partial charge in [0.2, 0.25) is 0 Å². The molecule has 0 atom stereocenters. The molecule has 1 aliphatic rings. The van der Waals surface area contributed by atoms with Gasteiger partial charge in [-0.05, 0) is 53.2 Å². The first kappa shape index (κ1) is 20.5. The number of thioether (sulfide) groups is 1. The molecule has 0 spiro atoms. The summed E-state index contributed by atoms with van der Waals surface area (Å²) >= 11 is 1.32. The lowest BCUT2D eigenvalue weighted by Gasteiger charge is -2.12. The van der Waals surface area contributed by atoms with Crippen molar-refractivity contribution in [2.45, 2.75) is 6.61 Å². The third-order valence-electron chi connectivity index (χ3n) is 4.28. The normalized spacial score (nSPS) is 16.5. The number of methoxy groups -OCH3 is 1. The Labute approximate surface area is 172 Å². The minimum Gasteiger partial charge on any atom is -0.493 e. The topological polar surface area (TPSA) is 88.4 Å². The number of ether oxygens (including phenoxy) is 2. The van der Waals surface area contributed by atoms with Crippen LogP contribution in [-0.2, 0) is 11.4 Å². The summed E-state index contributed by atoms with van der Waals surface area (Å²) in [5, 5.41) is 9.61. The molecule has 1 saturated heterocycles. The zero-order valence-electron chi connectivity index (χ0n) is 16.2. The number of carbonyl (C=O) groups excluding carboxylic acids is 1. The minimum absolute atomic E-state index is 0.0975. The Hall–Kier alpha value is -3.26. The van der Waals surface area contributed by atoms with E-state index in [1.807, 2.05) is 6.07 Å². The Morgan fingerprint density at radius 2 is 1.93 bits per heavy atom. The Balaban J connectivity index is 1.74. The van der Waals surface area contributed by atoms with E-state index in [0.717, 1.165) is 11.1 Å². The fraction of sp³-hybridized carbons (Fsp3) is 0.190. The maximum Gasteiger partial charge on any atom is 0.335 e. The lowest BCUT2D eigenvalue weighted by atomic mass is 10.1. The van der Waals surface area contributed by atoms with E-state index >= 15 is 0 Å². The van der Waals surface area contributed by atoms with Crippen molar-refractivity contribution in [1.29, 1.82) is 0 Å². The minimum atomic E-state index is -0.966. The van der Waals surface area contributed by atoms with Crippen LogP contribution in [0.25, 0.3) is 6.08 Å². The van der Waals surface area contributed by atoms with Gasteiger partial charge in [0, 0.05) is 14.1 Å². The van der Waals surface area contributed by atoms with Gasteiger partial charge in [-0.25, -0.2) is 4.79 Å². The number of hydrogen-bond acceptors (Lipinski definition) is 6. The Bertz CT molecular complexity index is 999. The Kier molecular flexibility index (Phi) is 6.23. The van der Waals surface area contributed by atoms with E-state index < -0.39 is 5.97 Å². The van der Waals surface area contributed by atoms with Gasteiger partial charge in [0.15, 0.2) is 16.7 Å². The van der Waals surface area contributed by atoms with E-state index in [-0.39, 0.29) is 18.1 Å². The largest absolute Gasteiger partial charge is 0.493 e. The first-order valence-electron chi connectivity index (χ1n) is 8.70. The average Bonchev–Trinajstić information content (AvgIpc) is 3.00. The van der Waals surface area contributed by atoms with Gasteiger partial charge >= 0.3 is 5.97 Å². The first-order chi connectivity index (χ1) is 13.9. The van der Waals surface area contributed by atoms with Crippen molar-refractivity contribution in [3.8, 4) is 11.5 Å². The van der Waals surface area contributed by atoms with Crippen molar-refractivity contribution < 1.29 is 24.2 Å². The number of rotatable bonds is 6. The molecule has 0 unspecified atom stereocenters. The van der Waals surface area contributed by atoms with Crippen molar-refractivity contribution in [2.75, 3.05) is 21.2 Å². The number of nitrogens with zero attached hydrogens (tertiary/aromatic N) is 2. The van der Waals surface area contributed by atoms with Crippen molar-refractivity contribution in [1.82, 2.24) is 4.90 Å². The quantitative estimate of drug-likeness (QED) is 0.731. The standard InChI is InChI=1S/C21H20N2O5S/c1-22-21-23(2)19(24)18(29-21)11-14-6-9-16(17(10-14)27-3)28-12-13-4-7-15(8-5-13)20(25)26/h4-11H,12H2,1-3H3,(H,25,26)/b18-11-,22-21?. The van der Waals surface area contributed by atoms with E-state index in [2.05, 4.69) is 4.99 Å². The van der Waals surface area contributed by atoms with Crippen LogP contribution in [0.1, 0.15) is 21.5 Å². The van der Waals surface area contributed by atoms with Gasteiger partial charge in [-0.15, -0.1) is 0 Å². The van der Waals surface area contributed by atoms with Crippen LogP contribution in [0.5, 0.6) is 11.5 Å². The van der Waals surface area contributed by atoms with Gasteiger partial charge in [-0.1, -0.05) is 18.2 Å². The molecule has 1 N–H and O–H groups in total. The molecule has 0 saturated carbocycles. The van der Waals surface area contributed by atoms with Gasteiger partial charge in [0.05, 0.1) is 17.6 Å². The number of benzene rings is 2. The molecule has 29 heavy (non-hydrogen) atoms. The van der Waals surface area contributed by atoms with Gasteiger partial charge < -0.3 is 14.6 Å². The third-order valence-corrected chi connectivity index (χ3v) is 5.43. The molecule has 0 aromatic heterocycles. The maximum atomic E-state index is 12.3. The number of likely N-dealkylation sites (N-methyl/N-ethyl adjacent to an activating group) is 1. The summed E-state index contributed by atoms with van der Waals surface area (Å²) in [4.78, 5) is 29.4. The molecule has 3 rings (SSSR count). The molecule has 0 aliphatic carbocycles. The van der Waals surface area contributed by atoms with Crippen molar-refractivity contribution in [3.63, 3.8) is 0 Å². The third kappa shape index (κ3) is 4.60. The summed E-state index contributed by atoms with van der Waals surface area (Å²) in [6, 6.07) is 11.9. The molecular weight excluding hydrogens is 392 g/mol. The van der Waals surface area contributed by atoms with Crippen LogP contribution >= 0.6 is 11.8 Å². The summed E-state index contributed by atoms with van der Waals surface area (Å²) in [6.45, 7) is 0.270. The van der Waals surface area contributed by atoms with Crippen molar-refractivity contribution in [3.05, 3.63) is 64.1 Å². The highest BCUT2D eigenvalue weighted by molar-refractivity contribution is 8.18. The summed E-state index contributed by atoms with van der Waals surface area (Å²) in [5.41, 5.74) is 1.87. The maximum absolute atomic E-state index is 12.3. The predicted octanol–water partition coefficient (Wildman–Crippen LogP) is 3.50. The molecule has 1 fully saturated rings. The lowest BCUT2D eigenvalue weighted by molar-refractivity contribution is -0.121. The second-order valence-electron chi connectivity index (χ2n) is 6.18. The second-order valence-corrected chi connectivity index (χ2v) is 7.19. The SMILES string of the molecule is CN=C1S/C(=C\c2ccc(OCc3ccc(C(=O)O)cc3)c(OC)c2)C(=O)N1C. The molecule has 150 valence electrons. The molecule has 7 nitrogen and oxygen atoms in total. The average molecular weight is 412 g/mol. The molecule has 1 aliphatic heterocycles. The van der Waals surface area contributed by atoms with Crippen LogP contribution in [0.3, 0.4) is 0 Å². The van der Waals surface area contributed by atoms with E-state index in [1.165, 1.54) is 28.8 Å². The predicted molar refractivity (Wildman–Crippen MR) is 112 cm³/mol. The van der Waals surface area contributed by atoms with Gasteiger partial charge in [-0.3, -0.25) is 14.7 Å². The molecule has 0 bridgehead atoms.